The lowest BCUT2D eigenvalue weighted by Crippen LogP contribution is -2.20. The van der Waals surface area contributed by atoms with Crippen LogP contribution in [0.25, 0.3) is 0 Å². The van der Waals surface area contributed by atoms with Crippen LogP contribution in [-0.4, -0.2) is 13.7 Å². The number of hydrogen-bond donors (Lipinski definition) is 1. The zero-order chi connectivity index (χ0) is 11.3. The SMILES string of the molecule is COc1ccccc1CC(C)C(C)CN. The minimum atomic E-state index is 0.551. The van der Waals surface area contributed by atoms with Gasteiger partial charge in [0, 0.05) is 0 Å². The maximum absolute atomic E-state index is 5.67. The lowest BCUT2D eigenvalue weighted by Gasteiger charge is -2.19. The molecule has 2 unspecified atom stereocenters. The zero-order valence-corrected chi connectivity index (χ0v) is 9.86. The Hall–Kier alpha value is -1.02. The highest BCUT2D eigenvalue weighted by Crippen LogP contribution is 2.23. The average molecular weight is 207 g/mol. The van der Waals surface area contributed by atoms with Gasteiger partial charge in [0.2, 0.25) is 0 Å². The molecule has 0 aliphatic heterocycles. The fraction of sp³-hybridized carbons (Fsp3) is 0.538. The lowest BCUT2D eigenvalue weighted by molar-refractivity contribution is 0.375. The molecular formula is C13H21NO. The van der Waals surface area contributed by atoms with Crippen LogP contribution in [0.15, 0.2) is 24.3 Å². The number of rotatable bonds is 5. The van der Waals surface area contributed by atoms with Crippen LogP contribution < -0.4 is 10.5 Å². The van der Waals surface area contributed by atoms with E-state index in [0.717, 1.165) is 18.7 Å². The Morgan fingerprint density at radius 3 is 2.47 bits per heavy atom. The number of hydrogen-bond acceptors (Lipinski definition) is 2. The molecule has 0 saturated heterocycles. The van der Waals surface area contributed by atoms with Gasteiger partial charge in [0.15, 0.2) is 0 Å². The quantitative estimate of drug-likeness (QED) is 0.805. The van der Waals surface area contributed by atoms with Crippen LogP contribution in [0.4, 0.5) is 0 Å². The van der Waals surface area contributed by atoms with Crippen molar-refractivity contribution in [1.82, 2.24) is 0 Å². The Morgan fingerprint density at radius 1 is 1.20 bits per heavy atom. The van der Waals surface area contributed by atoms with E-state index in [1.807, 2.05) is 12.1 Å². The molecule has 15 heavy (non-hydrogen) atoms. The predicted molar refractivity (Wildman–Crippen MR) is 64.1 cm³/mol. The fourth-order valence-corrected chi connectivity index (χ4v) is 1.65. The Kier molecular flexibility index (Phi) is 4.63. The van der Waals surface area contributed by atoms with Crippen molar-refractivity contribution >= 4 is 0 Å². The van der Waals surface area contributed by atoms with E-state index in [9.17, 15) is 0 Å². The summed E-state index contributed by atoms with van der Waals surface area (Å²) in [6, 6.07) is 8.19. The summed E-state index contributed by atoms with van der Waals surface area (Å²) in [5, 5.41) is 0. The third kappa shape index (κ3) is 3.24. The minimum Gasteiger partial charge on any atom is -0.496 e. The second kappa shape index (κ2) is 5.76. The molecule has 0 radical (unpaired) electrons. The summed E-state index contributed by atoms with van der Waals surface area (Å²) in [5.41, 5.74) is 6.94. The zero-order valence-electron chi connectivity index (χ0n) is 9.86. The van der Waals surface area contributed by atoms with Crippen LogP contribution in [0.1, 0.15) is 19.4 Å². The summed E-state index contributed by atoms with van der Waals surface area (Å²) in [7, 11) is 1.72. The number of para-hydroxylation sites is 1. The molecule has 1 aromatic rings. The fourth-order valence-electron chi connectivity index (χ4n) is 1.65. The molecule has 0 spiro atoms. The second-order valence-electron chi connectivity index (χ2n) is 4.21. The summed E-state index contributed by atoms with van der Waals surface area (Å²) < 4.78 is 5.33. The van der Waals surface area contributed by atoms with Crippen molar-refractivity contribution in [3.05, 3.63) is 29.8 Å². The van der Waals surface area contributed by atoms with E-state index in [4.69, 9.17) is 10.5 Å². The second-order valence-corrected chi connectivity index (χ2v) is 4.21. The molecule has 84 valence electrons. The van der Waals surface area contributed by atoms with E-state index in [1.165, 1.54) is 5.56 Å². The van der Waals surface area contributed by atoms with Crippen LogP contribution in [-0.2, 0) is 6.42 Å². The van der Waals surface area contributed by atoms with Crippen molar-refractivity contribution in [2.45, 2.75) is 20.3 Å². The molecular weight excluding hydrogens is 186 g/mol. The van der Waals surface area contributed by atoms with E-state index in [-0.39, 0.29) is 0 Å². The van der Waals surface area contributed by atoms with Crippen molar-refractivity contribution in [3.63, 3.8) is 0 Å². The van der Waals surface area contributed by atoms with Gasteiger partial charge < -0.3 is 10.5 Å². The molecule has 0 aromatic heterocycles. The summed E-state index contributed by atoms with van der Waals surface area (Å²) in [4.78, 5) is 0. The average Bonchev–Trinajstić information content (AvgIpc) is 2.28. The monoisotopic (exact) mass is 207 g/mol. The molecule has 2 N–H and O–H groups in total. The normalized spacial score (nSPS) is 14.7. The Bertz CT molecular complexity index is 298. The molecule has 2 atom stereocenters. The van der Waals surface area contributed by atoms with Crippen molar-refractivity contribution < 1.29 is 4.74 Å². The molecule has 0 saturated carbocycles. The molecule has 0 aliphatic rings. The van der Waals surface area contributed by atoms with Gasteiger partial charge in [0.1, 0.15) is 5.75 Å². The highest BCUT2D eigenvalue weighted by atomic mass is 16.5. The summed E-state index contributed by atoms with van der Waals surface area (Å²) in [6.07, 6.45) is 1.03. The first-order chi connectivity index (χ1) is 7.19. The Balaban J connectivity index is 2.71. The van der Waals surface area contributed by atoms with Gasteiger partial charge in [-0.05, 0) is 36.4 Å². The topological polar surface area (TPSA) is 35.2 Å². The van der Waals surface area contributed by atoms with Gasteiger partial charge in [-0.25, -0.2) is 0 Å². The van der Waals surface area contributed by atoms with Crippen LogP contribution in [0.3, 0.4) is 0 Å². The molecule has 0 bridgehead atoms. The van der Waals surface area contributed by atoms with Gasteiger partial charge >= 0.3 is 0 Å². The molecule has 2 heteroatoms. The highest BCUT2D eigenvalue weighted by molar-refractivity contribution is 5.33. The molecule has 0 aliphatic carbocycles. The number of ether oxygens (including phenoxy) is 1. The van der Waals surface area contributed by atoms with Crippen LogP contribution in [0.5, 0.6) is 5.75 Å². The van der Waals surface area contributed by atoms with Crippen molar-refractivity contribution in [1.29, 1.82) is 0 Å². The van der Waals surface area contributed by atoms with Gasteiger partial charge in [-0.3, -0.25) is 0 Å². The summed E-state index contributed by atoms with van der Waals surface area (Å²) >= 11 is 0. The largest absolute Gasteiger partial charge is 0.496 e. The first kappa shape index (κ1) is 12.1. The first-order valence-corrected chi connectivity index (χ1v) is 5.51. The van der Waals surface area contributed by atoms with E-state index in [2.05, 4.69) is 26.0 Å². The minimum absolute atomic E-state index is 0.551. The van der Waals surface area contributed by atoms with Crippen molar-refractivity contribution in [3.8, 4) is 5.75 Å². The summed E-state index contributed by atoms with van der Waals surface area (Å²) in [6.45, 7) is 5.18. The number of benzene rings is 1. The maximum Gasteiger partial charge on any atom is 0.122 e. The van der Waals surface area contributed by atoms with Gasteiger partial charge in [0.25, 0.3) is 0 Å². The molecule has 0 heterocycles. The van der Waals surface area contributed by atoms with E-state index in [1.54, 1.807) is 7.11 Å². The van der Waals surface area contributed by atoms with Crippen LogP contribution in [0, 0.1) is 11.8 Å². The Morgan fingerprint density at radius 2 is 1.87 bits per heavy atom. The third-order valence-corrected chi connectivity index (χ3v) is 3.08. The lowest BCUT2D eigenvalue weighted by atomic mass is 9.89. The van der Waals surface area contributed by atoms with Gasteiger partial charge in [-0.1, -0.05) is 32.0 Å². The van der Waals surface area contributed by atoms with Gasteiger partial charge in [0.05, 0.1) is 7.11 Å². The molecule has 2 nitrogen and oxygen atoms in total. The van der Waals surface area contributed by atoms with Gasteiger partial charge in [-0.15, -0.1) is 0 Å². The number of methoxy groups -OCH3 is 1. The Labute approximate surface area is 92.4 Å². The third-order valence-electron chi connectivity index (χ3n) is 3.08. The van der Waals surface area contributed by atoms with Crippen molar-refractivity contribution in [2.24, 2.45) is 17.6 Å². The standard InChI is InChI=1S/C13H21NO/c1-10(11(2)9-14)8-12-6-4-5-7-13(12)15-3/h4-7,10-11H,8-9,14H2,1-3H3. The van der Waals surface area contributed by atoms with Crippen LogP contribution >= 0.6 is 0 Å². The molecule has 1 aromatic carbocycles. The van der Waals surface area contributed by atoms with Crippen LogP contribution in [0.2, 0.25) is 0 Å². The highest BCUT2D eigenvalue weighted by Gasteiger charge is 2.13. The molecule has 0 fully saturated rings. The van der Waals surface area contributed by atoms with E-state index in [0.29, 0.717) is 11.8 Å². The maximum atomic E-state index is 5.67. The van der Waals surface area contributed by atoms with Crippen molar-refractivity contribution in [2.75, 3.05) is 13.7 Å². The van der Waals surface area contributed by atoms with Gasteiger partial charge in [-0.2, -0.15) is 0 Å². The first-order valence-electron chi connectivity index (χ1n) is 5.51. The molecule has 1 rings (SSSR count). The number of nitrogens with two attached hydrogens (primary N) is 1. The molecule has 0 amide bonds. The predicted octanol–water partition coefficient (Wildman–Crippen LogP) is 2.47. The smallest absolute Gasteiger partial charge is 0.122 e. The van der Waals surface area contributed by atoms with E-state index < -0.39 is 0 Å². The summed E-state index contributed by atoms with van der Waals surface area (Å²) in [5.74, 6) is 2.12. The van der Waals surface area contributed by atoms with E-state index >= 15 is 0 Å².